The van der Waals surface area contributed by atoms with E-state index in [1.165, 1.54) is 0 Å². The summed E-state index contributed by atoms with van der Waals surface area (Å²) < 4.78 is 0. The van der Waals surface area contributed by atoms with E-state index in [9.17, 15) is 19.2 Å². The minimum atomic E-state index is -1.01. The molecule has 1 atom stereocenters. The Hall–Kier alpha value is -3.48. The molecule has 2 heterocycles. The molecule has 2 aromatic carbocycles. The van der Waals surface area contributed by atoms with Gasteiger partial charge in [0, 0.05) is 13.1 Å². The Bertz CT molecular complexity index is 969. The number of nitrogens with zero attached hydrogens (tertiary/aromatic N) is 2. The van der Waals surface area contributed by atoms with Gasteiger partial charge in [-0.1, -0.05) is 42.5 Å². The van der Waals surface area contributed by atoms with Gasteiger partial charge in [0.25, 0.3) is 17.7 Å². The number of fused-ring (bicyclic) bond motifs is 1. The number of rotatable bonds is 6. The smallest absolute Gasteiger partial charge is 0.323 e. The van der Waals surface area contributed by atoms with Gasteiger partial charge in [-0.05, 0) is 37.5 Å². The third-order valence-electron chi connectivity index (χ3n) is 5.53. The Balaban J connectivity index is 1.41. The molecule has 0 unspecified atom stereocenters. The maximum Gasteiger partial charge on any atom is 0.325 e. The molecule has 29 heavy (non-hydrogen) atoms. The fourth-order valence-corrected chi connectivity index (χ4v) is 3.80. The Kier molecular flexibility index (Phi) is 4.66. The molecule has 2 aromatic rings. The van der Waals surface area contributed by atoms with Crippen molar-refractivity contribution in [3.63, 3.8) is 0 Å². The van der Waals surface area contributed by atoms with E-state index in [1.54, 1.807) is 31.2 Å². The normalized spacial score (nSPS) is 21.0. The van der Waals surface area contributed by atoms with Gasteiger partial charge in [0.05, 0.1) is 11.1 Å². The molecule has 1 N–H and O–H groups in total. The fourth-order valence-electron chi connectivity index (χ4n) is 3.80. The lowest BCUT2D eigenvalue weighted by molar-refractivity contribution is -0.131. The van der Waals surface area contributed by atoms with Crippen LogP contribution >= 0.6 is 0 Å². The molecular weight excluding hydrogens is 370 g/mol. The second-order valence-electron chi connectivity index (χ2n) is 7.51. The second-order valence-corrected chi connectivity index (χ2v) is 7.51. The fraction of sp³-hybridized carbons (Fsp3) is 0.273. The Morgan fingerprint density at radius 2 is 1.34 bits per heavy atom. The van der Waals surface area contributed by atoms with Crippen molar-refractivity contribution in [2.24, 2.45) is 0 Å². The maximum atomic E-state index is 12.9. The summed E-state index contributed by atoms with van der Waals surface area (Å²) in [6.45, 7) is 1.65. The molecule has 2 aliphatic heterocycles. The highest BCUT2D eigenvalue weighted by Gasteiger charge is 2.47. The Morgan fingerprint density at radius 3 is 1.97 bits per heavy atom. The average Bonchev–Trinajstić information content (AvgIpc) is 3.10. The summed E-state index contributed by atoms with van der Waals surface area (Å²) >= 11 is 0. The molecule has 0 saturated carbocycles. The van der Waals surface area contributed by atoms with Gasteiger partial charge in [0.15, 0.2) is 0 Å². The molecule has 5 amide bonds. The first kappa shape index (κ1) is 18.9. The van der Waals surface area contributed by atoms with Crippen molar-refractivity contribution in [1.29, 1.82) is 0 Å². The van der Waals surface area contributed by atoms with E-state index in [1.807, 2.05) is 30.3 Å². The molecule has 1 fully saturated rings. The van der Waals surface area contributed by atoms with Crippen LogP contribution in [0, 0.1) is 0 Å². The number of hydrogen-bond donors (Lipinski definition) is 1. The lowest BCUT2D eigenvalue weighted by Gasteiger charge is -2.22. The first-order valence-corrected chi connectivity index (χ1v) is 9.54. The van der Waals surface area contributed by atoms with Crippen LogP contribution in [0.25, 0.3) is 0 Å². The van der Waals surface area contributed by atoms with Crippen molar-refractivity contribution in [2.75, 3.05) is 13.1 Å². The van der Waals surface area contributed by atoms with Crippen LogP contribution in [0.3, 0.4) is 0 Å². The zero-order valence-corrected chi connectivity index (χ0v) is 16.1. The van der Waals surface area contributed by atoms with E-state index < -0.39 is 23.4 Å². The van der Waals surface area contributed by atoms with Crippen molar-refractivity contribution in [1.82, 2.24) is 15.1 Å². The van der Waals surface area contributed by atoms with Gasteiger partial charge in [0.1, 0.15) is 5.54 Å². The van der Waals surface area contributed by atoms with Crippen LogP contribution in [0.4, 0.5) is 4.79 Å². The lowest BCUT2D eigenvalue weighted by Crippen LogP contribution is -2.45. The van der Waals surface area contributed by atoms with Gasteiger partial charge in [-0.2, -0.15) is 0 Å². The standard InChI is InChI=1S/C22H21N3O4/c1-22(12-11-15-7-3-2-4-8-15)20(28)25(21(29)23-22)14-13-24-18(26)16-9-5-6-10-17(16)19(24)27/h2-10H,11-14H2,1H3,(H,23,29)/t22-/m1/s1. The first-order valence-electron chi connectivity index (χ1n) is 9.54. The summed E-state index contributed by atoms with van der Waals surface area (Å²) in [4.78, 5) is 52.4. The van der Waals surface area contributed by atoms with Gasteiger partial charge >= 0.3 is 6.03 Å². The highest BCUT2D eigenvalue weighted by molar-refractivity contribution is 6.21. The monoisotopic (exact) mass is 391 g/mol. The quantitative estimate of drug-likeness (QED) is 0.604. The van der Waals surface area contributed by atoms with Gasteiger partial charge in [0.2, 0.25) is 0 Å². The number of urea groups is 1. The first-order chi connectivity index (χ1) is 13.9. The van der Waals surface area contributed by atoms with E-state index in [2.05, 4.69) is 5.32 Å². The Morgan fingerprint density at radius 1 is 0.793 bits per heavy atom. The highest BCUT2D eigenvalue weighted by Crippen LogP contribution is 2.25. The maximum absolute atomic E-state index is 12.9. The van der Waals surface area contributed by atoms with Gasteiger partial charge in [-0.3, -0.25) is 24.2 Å². The Labute approximate surface area is 168 Å². The third-order valence-corrected chi connectivity index (χ3v) is 5.53. The molecule has 0 spiro atoms. The zero-order valence-electron chi connectivity index (χ0n) is 16.1. The molecule has 2 aliphatic rings. The summed E-state index contributed by atoms with van der Waals surface area (Å²) in [5.41, 5.74) is 0.777. The molecule has 7 nitrogen and oxygen atoms in total. The summed E-state index contributed by atoms with van der Waals surface area (Å²) in [7, 11) is 0. The molecule has 0 bridgehead atoms. The van der Waals surface area contributed by atoms with Crippen molar-refractivity contribution >= 4 is 23.8 Å². The topological polar surface area (TPSA) is 86.8 Å². The number of benzene rings is 2. The number of carbonyl (C=O) groups is 4. The van der Waals surface area contributed by atoms with Crippen molar-refractivity contribution in [2.45, 2.75) is 25.3 Å². The van der Waals surface area contributed by atoms with Crippen molar-refractivity contribution in [3.05, 3.63) is 71.3 Å². The van der Waals surface area contributed by atoms with Gasteiger partial charge in [-0.15, -0.1) is 0 Å². The number of aryl methyl sites for hydroxylation is 1. The molecule has 0 aromatic heterocycles. The summed E-state index contributed by atoms with van der Waals surface area (Å²) in [5, 5.41) is 2.76. The molecule has 0 aliphatic carbocycles. The molecule has 0 radical (unpaired) electrons. The third kappa shape index (κ3) is 3.29. The van der Waals surface area contributed by atoms with Crippen LogP contribution in [-0.4, -0.2) is 52.2 Å². The second kappa shape index (κ2) is 7.16. The lowest BCUT2D eigenvalue weighted by atomic mass is 9.93. The van der Waals surface area contributed by atoms with Gasteiger partial charge < -0.3 is 5.32 Å². The van der Waals surface area contributed by atoms with Crippen LogP contribution in [0.1, 0.15) is 39.6 Å². The molecular formula is C22H21N3O4. The molecule has 7 heteroatoms. The van der Waals surface area contributed by atoms with E-state index in [4.69, 9.17) is 0 Å². The number of amides is 5. The van der Waals surface area contributed by atoms with Crippen molar-refractivity contribution < 1.29 is 19.2 Å². The van der Waals surface area contributed by atoms with Crippen LogP contribution in [0.2, 0.25) is 0 Å². The highest BCUT2D eigenvalue weighted by atomic mass is 16.2. The van der Waals surface area contributed by atoms with Crippen LogP contribution in [-0.2, 0) is 11.2 Å². The number of hydrogen-bond acceptors (Lipinski definition) is 4. The predicted octanol–water partition coefficient (Wildman–Crippen LogP) is 2.23. The molecule has 148 valence electrons. The van der Waals surface area contributed by atoms with E-state index in [-0.39, 0.29) is 19.0 Å². The summed E-state index contributed by atoms with van der Waals surface area (Å²) in [6, 6.07) is 15.8. The van der Waals surface area contributed by atoms with Gasteiger partial charge in [-0.25, -0.2) is 4.79 Å². The van der Waals surface area contributed by atoms with Crippen LogP contribution in [0.15, 0.2) is 54.6 Å². The summed E-state index contributed by atoms with van der Waals surface area (Å²) in [6.07, 6.45) is 1.11. The molecule has 1 saturated heterocycles. The van der Waals surface area contributed by atoms with Crippen LogP contribution < -0.4 is 5.32 Å². The molecule has 4 rings (SSSR count). The summed E-state index contributed by atoms with van der Waals surface area (Å²) in [5.74, 6) is -1.14. The SMILES string of the molecule is C[C@]1(CCc2ccccc2)NC(=O)N(CCN2C(=O)c3ccccc3C2=O)C1=O. The zero-order chi connectivity index (χ0) is 20.6. The number of carbonyl (C=O) groups excluding carboxylic acids is 4. The largest absolute Gasteiger partial charge is 0.325 e. The van der Waals surface area contributed by atoms with Crippen molar-refractivity contribution in [3.8, 4) is 0 Å². The van der Waals surface area contributed by atoms with Crippen LogP contribution in [0.5, 0.6) is 0 Å². The predicted molar refractivity (Wildman–Crippen MR) is 105 cm³/mol. The van der Waals surface area contributed by atoms with E-state index in [0.29, 0.717) is 24.0 Å². The number of nitrogens with one attached hydrogen (secondary N) is 1. The van der Waals surface area contributed by atoms with E-state index >= 15 is 0 Å². The number of imide groups is 2. The minimum Gasteiger partial charge on any atom is -0.323 e. The van der Waals surface area contributed by atoms with E-state index in [0.717, 1.165) is 15.4 Å². The average molecular weight is 391 g/mol. The minimum absolute atomic E-state index is 0.0275.